The number of rotatable bonds is 4. The molecule has 0 unspecified atom stereocenters. The molecule has 1 N–H and O–H groups in total. The lowest BCUT2D eigenvalue weighted by atomic mass is 10.1. The Hall–Kier alpha value is -2.33. The SMILES string of the molecule is COc1cc([C@H](C)O)ccc1OC(=O)c1ccccc1. The number of ether oxygens (including phenoxy) is 2. The van der Waals surface area contributed by atoms with E-state index in [1.165, 1.54) is 7.11 Å². The fraction of sp³-hybridized carbons (Fsp3) is 0.188. The first-order valence-corrected chi connectivity index (χ1v) is 6.25. The van der Waals surface area contributed by atoms with Crippen LogP contribution in [0.1, 0.15) is 28.9 Å². The van der Waals surface area contributed by atoms with E-state index in [0.717, 1.165) is 0 Å². The molecule has 0 fully saturated rings. The van der Waals surface area contributed by atoms with Crippen molar-refractivity contribution < 1.29 is 19.4 Å². The van der Waals surface area contributed by atoms with Crippen LogP contribution >= 0.6 is 0 Å². The lowest BCUT2D eigenvalue weighted by molar-refractivity contribution is 0.0729. The highest BCUT2D eigenvalue weighted by Crippen LogP contribution is 2.30. The molecule has 0 saturated carbocycles. The van der Waals surface area contributed by atoms with Crippen LogP contribution in [0, 0.1) is 0 Å². The Morgan fingerprint density at radius 1 is 1.10 bits per heavy atom. The molecule has 0 spiro atoms. The first kappa shape index (κ1) is 14.1. The maximum atomic E-state index is 12.0. The molecule has 0 saturated heterocycles. The van der Waals surface area contributed by atoms with Crippen molar-refractivity contribution in [3.8, 4) is 11.5 Å². The predicted octanol–water partition coefficient (Wildman–Crippen LogP) is 2.97. The normalized spacial score (nSPS) is 11.8. The van der Waals surface area contributed by atoms with E-state index in [2.05, 4.69) is 0 Å². The summed E-state index contributed by atoms with van der Waals surface area (Å²) in [6.07, 6.45) is -0.609. The highest BCUT2D eigenvalue weighted by atomic mass is 16.6. The molecular weight excluding hydrogens is 256 g/mol. The van der Waals surface area contributed by atoms with Crippen molar-refractivity contribution in [3.05, 3.63) is 59.7 Å². The first-order valence-electron chi connectivity index (χ1n) is 6.25. The molecule has 0 aromatic heterocycles. The maximum absolute atomic E-state index is 12.0. The summed E-state index contributed by atoms with van der Waals surface area (Å²) >= 11 is 0. The molecule has 0 radical (unpaired) electrons. The molecule has 20 heavy (non-hydrogen) atoms. The summed E-state index contributed by atoms with van der Waals surface area (Å²) in [5.41, 5.74) is 1.16. The van der Waals surface area contributed by atoms with Gasteiger partial charge in [-0.25, -0.2) is 4.79 Å². The molecule has 0 aliphatic heterocycles. The number of aliphatic hydroxyl groups is 1. The van der Waals surface area contributed by atoms with Crippen LogP contribution in [-0.4, -0.2) is 18.2 Å². The molecule has 4 nitrogen and oxygen atoms in total. The van der Waals surface area contributed by atoms with Crippen LogP contribution in [0.5, 0.6) is 11.5 Å². The van der Waals surface area contributed by atoms with Crippen LogP contribution in [0.2, 0.25) is 0 Å². The Bertz CT molecular complexity index is 591. The van der Waals surface area contributed by atoms with E-state index < -0.39 is 12.1 Å². The van der Waals surface area contributed by atoms with E-state index in [1.54, 1.807) is 49.4 Å². The first-order chi connectivity index (χ1) is 9.61. The van der Waals surface area contributed by atoms with Crippen LogP contribution < -0.4 is 9.47 Å². The highest BCUT2D eigenvalue weighted by molar-refractivity contribution is 5.91. The molecule has 2 aromatic carbocycles. The summed E-state index contributed by atoms with van der Waals surface area (Å²) in [6.45, 7) is 1.66. The molecule has 0 bridgehead atoms. The van der Waals surface area contributed by atoms with Crippen LogP contribution in [0.4, 0.5) is 0 Å². The van der Waals surface area contributed by atoms with Crippen molar-refractivity contribution >= 4 is 5.97 Å². The molecule has 2 aromatic rings. The van der Waals surface area contributed by atoms with Gasteiger partial charge >= 0.3 is 5.97 Å². The molecule has 0 aliphatic rings. The van der Waals surface area contributed by atoms with Crippen molar-refractivity contribution in [2.75, 3.05) is 7.11 Å². The van der Waals surface area contributed by atoms with Crippen LogP contribution in [0.15, 0.2) is 48.5 Å². The van der Waals surface area contributed by atoms with Gasteiger partial charge in [-0.1, -0.05) is 24.3 Å². The van der Waals surface area contributed by atoms with Gasteiger partial charge in [0.1, 0.15) is 0 Å². The van der Waals surface area contributed by atoms with Gasteiger partial charge in [0.05, 0.1) is 18.8 Å². The molecule has 0 aliphatic carbocycles. The maximum Gasteiger partial charge on any atom is 0.343 e. The minimum Gasteiger partial charge on any atom is -0.493 e. The standard InChI is InChI=1S/C16H16O4/c1-11(17)13-8-9-14(15(10-13)19-2)20-16(18)12-6-4-3-5-7-12/h3-11,17H,1-2H3/t11-/m0/s1. The summed E-state index contributed by atoms with van der Waals surface area (Å²) in [5, 5.41) is 9.53. The van der Waals surface area contributed by atoms with Gasteiger partial charge in [-0.3, -0.25) is 0 Å². The number of hydrogen-bond donors (Lipinski definition) is 1. The molecule has 0 heterocycles. The van der Waals surface area contributed by atoms with Gasteiger partial charge < -0.3 is 14.6 Å². The third kappa shape index (κ3) is 3.16. The zero-order valence-electron chi connectivity index (χ0n) is 11.4. The highest BCUT2D eigenvalue weighted by Gasteiger charge is 2.13. The molecule has 2 rings (SSSR count). The van der Waals surface area contributed by atoms with Crippen LogP contribution in [-0.2, 0) is 0 Å². The molecular formula is C16H16O4. The second kappa shape index (κ2) is 6.21. The fourth-order valence-electron chi connectivity index (χ4n) is 1.76. The van der Waals surface area contributed by atoms with Crippen molar-refractivity contribution in [1.29, 1.82) is 0 Å². The third-order valence-corrected chi connectivity index (χ3v) is 2.88. The van der Waals surface area contributed by atoms with Gasteiger partial charge in [0.2, 0.25) is 0 Å². The van der Waals surface area contributed by atoms with Crippen molar-refractivity contribution in [1.82, 2.24) is 0 Å². The van der Waals surface area contributed by atoms with Crippen molar-refractivity contribution in [2.24, 2.45) is 0 Å². The van der Waals surface area contributed by atoms with Gasteiger partial charge in [-0.05, 0) is 36.8 Å². The summed E-state index contributed by atoms with van der Waals surface area (Å²) in [7, 11) is 1.49. The Kier molecular flexibility index (Phi) is 4.38. The summed E-state index contributed by atoms with van der Waals surface area (Å²) < 4.78 is 10.5. The number of esters is 1. The van der Waals surface area contributed by atoms with Gasteiger partial charge in [-0.15, -0.1) is 0 Å². The van der Waals surface area contributed by atoms with E-state index in [0.29, 0.717) is 22.6 Å². The largest absolute Gasteiger partial charge is 0.493 e. The van der Waals surface area contributed by atoms with E-state index in [1.807, 2.05) is 6.07 Å². The number of aliphatic hydroxyl groups excluding tert-OH is 1. The van der Waals surface area contributed by atoms with E-state index in [9.17, 15) is 9.90 Å². The Labute approximate surface area is 117 Å². The fourth-order valence-corrected chi connectivity index (χ4v) is 1.76. The smallest absolute Gasteiger partial charge is 0.343 e. The zero-order valence-corrected chi connectivity index (χ0v) is 11.4. The molecule has 1 atom stereocenters. The van der Waals surface area contributed by atoms with Gasteiger partial charge in [0.15, 0.2) is 11.5 Å². The lowest BCUT2D eigenvalue weighted by Gasteiger charge is -2.12. The topological polar surface area (TPSA) is 55.8 Å². The number of benzene rings is 2. The van der Waals surface area contributed by atoms with Gasteiger partial charge in [-0.2, -0.15) is 0 Å². The van der Waals surface area contributed by atoms with E-state index >= 15 is 0 Å². The monoisotopic (exact) mass is 272 g/mol. The van der Waals surface area contributed by atoms with E-state index in [-0.39, 0.29) is 0 Å². The Balaban J connectivity index is 2.23. The minimum atomic E-state index is -0.609. The van der Waals surface area contributed by atoms with Crippen LogP contribution in [0.25, 0.3) is 0 Å². The third-order valence-electron chi connectivity index (χ3n) is 2.88. The molecule has 0 amide bonds. The summed E-state index contributed by atoms with van der Waals surface area (Å²) in [5.74, 6) is 0.284. The van der Waals surface area contributed by atoms with Crippen molar-refractivity contribution in [3.63, 3.8) is 0 Å². The molecule has 104 valence electrons. The summed E-state index contributed by atoms with van der Waals surface area (Å²) in [4.78, 5) is 12.0. The number of hydrogen-bond acceptors (Lipinski definition) is 4. The number of carbonyl (C=O) groups excluding carboxylic acids is 1. The number of carbonyl (C=O) groups is 1. The predicted molar refractivity (Wildman–Crippen MR) is 75.0 cm³/mol. The quantitative estimate of drug-likeness (QED) is 0.686. The average Bonchev–Trinajstić information content (AvgIpc) is 2.48. The van der Waals surface area contributed by atoms with Gasteiger partial charge in [0, 0.05) is 0 Å². The Morgan fingerprint density at radius 3 is 2.40 bits per heavy atom. The zero-order chi connectivity index (χ0) is 14.5. The van der Waals surface area contributed by atoms with E-state index in [4.69, 9.17) is 9.47 Å². The average molecular weight is 272 g/mol. The molecule has 4 heteroatoms. The Morgan fingerprint density at radius 2 is 1.80 bits per heavy atom. The summed E-state index contributed by atoms with van der Waals surface area (Å²) in [6, 6.07) is 13.7. The van der Waals surface area contributed by atoms with Crippen molar-refractivity contribution in [2.45, 2.75) is 13.0 Å². The minimum absolute atomic E-state index is 0.325. The second-order valence-electron chi connectivity index (χ2n) is 4.34. The van der Waals surface area contributed by atoms with Gasteiger partial charge in [0.25, 0.3) is 0 Å². The second-order valence-corrected chi connectivity index (χ2v) is 4.34. The van der Waals surface area contributed by atoms with Crippen LogP contribution in [0.3, 0.4) is 0 Å². The number of methoxy groups -OCH3 is 1. The lowest BCUT2D eigenvalue weighted by Crippen LogP contribution is -2.09.